The van der Waals surface area contributed by atoms with Crippen LogP contribution in [0.15, 0.2) is 25.7 Å². The van der Waals surface area contributed by atoms with E-state index in [0.29, 0.717) is 23.4 Å². The monoisotopic (exact) mass is 353 g/mol. The van der Waals surface area contributed by atoms with Gasteiger partial charge in [-0.3, -0.25) is 0 Å². The van der Waals surface area contributed by atoms with Crippen molar-refractivity contribution in [3.63, 3.8) is 0 Å². The molecule has 3 aromatic rings. The summed E-state index contributed by atoms with van der Waals surface area (Å²) in [5.41, 5.74) is 0.963. The first-order valence-corrected chi connectivity index (χ1v) is 9.50. The maximum absolute atomic E-state index is 5.25. The van der Waals surface area contributed by atoms with Crippen LogP contribution in [0.25, 0.3) is 11.5 Å². The van der Waals surface area contributed by atoms with Gasteiger partial charge in [0.1, 0.15) is 0 Å². The van der Waals surface area contributed by atoms with Crippen LogP contribution in [0.5, 0.6) is 0 Å². The zero-order valence-corrected chi connectivity index (χ0v) is 14.6. The van der Waals surface area contributed by atoms with Crippen LogP contribution in [0, 0.1) is 5.92 Å². The van der Waals surface area contributed by atoms with Crippen LogP contribution in [-0.2, 0) is 5.75 Å². The van der Waals surface area contributed by atoms with Gasteiger partial charge in [0, 0.05) is 11.9 Å². The minimum atomic E-state index is 0.563. The van der Waals surface area contributed by atoms with Crippen molar-refractivity contribution in [2.75, 3.05) is 11.9 Å². The molecule has 0 aliphatic rings. The zero-order chi connectivity index (χ0) is 15.4. The Morgan fingerprint density at radius 2 is 2.27 bits per heavy atom. The third-order valence-electron chi connectivity index (χ3n) is 2.63. The molecule has 0 fully saturated rings. The molecular formula is C13H15N5OS3. The number of nitrogens with zero attached hydrogens (tertiary/aromatic N) is 4. The van der Waals surface area contributed by atoms with Crippen molar-refractivity contribution >= 4 is 39.6 Å². The number of anilines is 1. The summed E-state index contributed by atoms with van der Waals surface area (Å²) in [5, 5.41) is 20.4. The van der Waals surface area contributed by atoms with Crippen molar-refractivity contribution in [3.05, 3.63) is 22.7 Å². The van der Waals surface area contributed by atoms with E-state index >= 15 is 0 Å². The third-order valence-corrected chi connectivity index (χ3v) is 5.32. The van der Waals surface area contributed by atoms with Gasteiger partial charge in [-0.25, -0.2) is 0 Å². The molecule has 0 saturated carbocycles. The maximum atomic E-state index is 5.25. The number of thiophene rings is 1. The summed E-state index contributed by atoms with van der Waals surface area (Å²) in [4.78, 5) is 4.38. The summed E-state index contributed by atoms with van der Waals surface area (Å²) in [6, 6.07) is 1.96. The van der Waals surface area contributed by atoms with E-state index in [1.165, 1.54) is 0 Å². The fourth-order valence-electron chi connectivity index (χ4n) is 1.57. The fourth-order valence-corrected chi connectivity index (χ4v) is 3.80. The molecule has 0 radical (unpaired) electrons. The van der Waals surface area contributed by atoms with Gasteiger partial charge in [0.15, 0.2) is 10.2 Å². The average molecular weight is 353 g/mol. The second-order valence-electron chi connectivity index (χ2n) is 4.96. The van der Waals surface area contributed by atoms with E-state index in [1.54, 1.807) is 34.4 Å². The predicted molar refractivity (Wildman–Crippen MR) is 90.4 cm³/mol. The topological polar surface area (TPSA) is 76.7 Å². The highest BCUT2D eigenvalue weighted by molar-refractivity contribution is 8.00. The molecule has 116 valence electrons. The molecule has 0 unspecified atom stereocenters. The summed E-state index contributed by atoms with van der Waals surface area (Å²) in [6.07, 6.45) is 0. The lowest BCUT2D eigenvalue weighted by molar-refractivity contribution is 0.425. The van der Waals surface area contributed by atoms with Crippen LogP contribution >= 0.6 is 34.4 Å². The SMILES string of the molecule is CC(C)CNc1nnc(SCc2noc(-c3ccsc3)n2)s1. The molecule has 3 rings (SSSR count). The van der Waals surface area contributed by atoms with Gasteiger partial charge < -0.3 is 9.84 Å². The first-order valence-electron chi connectivity index (χ1n) is 6.76. The van der Waals surface area contributed by atoms with E-state index in [9.17, 15) is 0 Å². The number of nitrogens with one attached hydrogen (secondary N) is 1. The Morgan fingerprint density at radius 1 is 1.36 bits per heavy atom. The van der Waals surface area contributed by atoms with E-state index < -0.39 is 0 Å². The Balaban J connectivity index is 1.54. The summed E-state index contributed by atoms with van der Waals surface area (Å²) < 4.78 is 6.15. The second kappa shape index (κ2) is 7.21. The van der Waals surface area contributed by atoms with Gasteiger partial charge in [0.25, 0.3) is 5.89 Å². The van der Waals surface area contributed by atoms with Crippen LogP contribution in [-0.4, -0.2) is 26.9 Å². The van der Waals surface area contributed by atoms with E-state index in [-0.39, 0.29) is 0 Å². The molecule has 0 spiro atoms. The van der Waals surface area contributed by atoms with Gasteiger partial charge in [-0.2, -0.15) is 16.3 Å². The molecule has 3 heterocycles. The zero-order valence-electron chi connectivity index (χ0n) is 12.1. The Kier molecular flexibility index (Phi) is 5.06. The molecule has 0 amide bonds. The average Bonchev–Trinajstić information content (AvgIpc) is 3.23. The van der Waals surface area contributed by atoms with Crippen LogP contribution in [0.2, 0.25) is 0 Å². The number of aromatic nitrogens is 4. The van der Waals surface area contributed by atoms with Gasteiger partial charge in [-0.05, 0) is 17.4 Å². The second-order valence-corrected chi connectivity index (χ2v) is 7.94. The van der Waals surface area contributed by atoms with Gasteiger partial charge in [0.05, 0.1) is 11.3 Å². The quantitative estimate of drug-likeness (QED) is 0.643. The van der Waals surface area contributed by atoms with E-state index in [2.05, 4.69) is 39.5 Å². The molecule has 0 aliphatic carbocycles. The lowest BCUT2D eigenvalue weighted by atomic mass is 10.2. The van der Waals surface area contributed by atoms with Gasteiger partial charge >= 0.3 is 0 Å². The molecule has 0 atom stereocenters. The normalized spacial score (nSPS) is 11.2. The van der Waals surface area contributed by atoms with Crippen molar-refractivity contribution < 1.29 is 4.52 Å². The predicted octanol–water partition coefficient (Wildman–Crippen LogP) is 4.01. The van der Waals surface area contributed by atoms with E-state index in [0.717, 1.165) is 21.6 Å². The third kappa shape index (κ3) is 4.05. The fraction of sp³-hybridized carbons (Fsp3) is 0.385. The number of thioether (sulfide) groups is 1. The molecule has 0 aromatic carbocycles. The van der Waals surface area contributed by atoms with E-state index in [1.807, 2.05) is 16.8 Å². The number of rotatable bonds is 7. The minimum absolute atomic E-state index is 0.563. The molecular weight excluding hydrogens is 338 g/mol. The molecule has 6 nitrogen and oxygen atoms in total. The molecule has 0 saturated heterocycles. The van der Waals surface area contributed by atoms with Crippen LogP contribution in [0.1, 0.15) is 19.7 Å². The summed E-state index contributed by atoms with van der Waals surface area (Å²) in [7, 11) is 0. The van der Waals surface area contributed by atoms with Crippen LogP contribution in [0.4, 0.5) is 5.13 Å². The lowest BCUT2D eigenvalue weighted by Gasteiger charge is -2.03. The molecule has 9 heteroatoms. The van der Waals surface area contributed by atoms with Crippen molar-refractivity contribution in [2.24, 2.45) is 5.92 Å². The molecule has 0 bridgehead atoms. The van der Waals surface area contributed by atoms with Gasteiger partial charge in [-0.1, -0.05) is 42.1 Å². The molecule has 0 aliphatic heterocycles. The first kappa shape index (κ1) is 15.4. The molecule has 1 N–H and O–H groups in total. The summed E-state index contributed by atoms with van der Waals surface area (Å²) >= 11 is 4.71. The van der Waals surface area contributed by atoms with E-state index in [4.69, 9.17) is 4.52 Å². The van der Waals surface area contributed by atoms with Crippen molar-refractivity contribution in [2.45, 2.75) is 23.9 Å². The smallest absolute Gasteiger partial charge is 0.258 e. The summed E-state index contributed by atoms with van der Waals surface area (Å²) in [6.45, 7) is 5.21. The standard InChI is InChI=1S/C13H15N5OS3/c1-8(2)5-14-12-16-17-13(22-12)21-7-10-15-11(19-18-10)9-3-4-20-6-9/h3-4,6,8H,5,7H2,1-2H3,(H,14,16). The Labute approximate surface area is 140 Å². The lowest BCUT2D eigenvalue weighted by Crippen LogP contribution is -2.07. The minimum Gasteiger partial charge on any atom is -0.360 e. The van der Waals surface area contributed by atoms with Crippen molar-refractivity contribution in [1.29, 1.82) is 0 Å². The van der Waals surface area contributed by atoms with Gasteiger partial charge in [-0.15, -0.1) is 10.2 Å². The highest BCUT2D eigenvalue weighted by Crippen LogP contribution is 2.28. The Morgan fingerprint density at radius 3 is 3.05 bits per heavy atom. The highest BCUT2D eigenvalue weighted by Gasteiger charge is 2.11. The van der Waals surface area contributed by atoms with Gasteiger partial charge in [0.2, 0.25) is 5.13 Å². The molecule has 3 aromatic heterocycles. The number of hydrogen-bond acceptors (Lipinski definition) is 9. The number of hydrogen-bond donors (Lipinski definition) is 1. The Hall–Kier alpha value is -1.45. The summed E-state index contributed by atoms with van der Waals surface area (Å²) in [5.74, 6) is 2.42. The first-order chi connectivity index (χ1) is 10.7. The highest BCUT2D eigenvalue weighted by atomic mass is 32.2. The molecule has 22 heavy (non-hydrogen) atoms. The Bertz CT molecular complexity index is 707. The maximum Gasteiger partial charge on any atom is 0.258 e. The van der Waals surface area contributed by atoms with Crippen LogP contribution in [0.3, 0.4) is 0 Å². The van der Waals surface area contributed by atoms with Crippen molar-refractivity contribution in [3.8, 4) is 11.5 Å². The largest absolute Gasteiger partial charge is 0.360 e. The van der Waals surface area contributed by atoms with Crippen molar-refractivity contribution in [1.82, 2.24) is 20.3 Å². The van der Waals surface area contributed by atoms with Crippen LogP contribution < -0.4 is 5.32 Å².